The lowest BCUT2D eigenvalue weighted by Gasteiger charge is -2.42. The number of carboxylic acids is 1. The first-order chi connectivity index (χ1) is 48.2. The number of carboxylic acid groups (broad SMARTS) is 1. The number of para-hydroxylation sites is 2. The zero-order valence-electron chi connectivity index (χ0n) is 56.2. The van der Waals surface area contributed by atoms with Gasteiger partial charge < -0.3 is 66.0 Å². The molecule has 0 radical (unpaired) electrons. The number of methoxy groups -OCH3 is 1. The van der Waals surface area contributed by atoms with Gasteiger partial charge in [-0.15, -0.1) is 30.1 Å². The number of thiophene rings is 1. The van der Waals surface area contributed by atoms with E-state index in [1.54, 1.807) is 81.8 Å². The van der Waals surface area contributed by atoms with Gasteiger partial charge >= 0.3 is 12.0 Å². The Balaban J connectivity index is 0.862. The number of fused-ring (bicyclic) bond motifs is 1. The van der Waals surface area contributed by atoms with Crippen molar-refractivity contribution in [3.63, 3.8) is 0 Å². The van der Waals surface area contributed by atoms with Crippen molar-refractivity contribution < 1.29 is 61.6 Å². The lowest BCUT2D eigenvalue weighted by Crippen LogP contribution is -2.57. The van der Waals surface area contributed by atoms with Gasteiger partial charge in [-0.3, -0.25) is 19.3 Å². The fourth-order valence-electron chi connectivity index (χ4n) is 11.6. The van der Waals surface area contributed by atoms with E-state index in [2.05, 4.69) is 60.0 Å². The van der Waals surface area contributed by atoms with Crippen molar-refractivity contribution in [2.24, 2.45) is 17.4 Å². The summed E-state index contributed by atoms with van der Waals surface area (Å²) in [6.45, 7) is 10.5. The van der Waals surface area contributed by atoms with Gasteiger partial charge in [0.15, 0.2) is 5.82 Å². The number of carbonyl (C=O) groups is 5. The van der Waals surface area contributed by atoms with E-state index in [0.717, 1.165) is 37.3 Å². The molecule has 1 saturated heterocycles. The summed E-state index contributed by atoms with van der Waals surface area (Å²) < 4.78 is 45.8. The first kappa shape index (κ1) is 74.0. The van der Waals surface area contributed by atoms with E-state index in [9.17, 15) is 33.5 Å². The minimum Gasteiger partial charge on any atom is -0.496 e. The second-order valence-electron chi connectivity index (χ2n) is 24.7. The van der Waals surface area contributed by atoms with E-state index in [1.165, 1.54) is 29.8 Å². The standard InChI is InChI=1S/C74H80ClFN12O11S/c1-8-15-56(77)68(89)86-65(45(3)4)70(91)85-57(18-14-30-80-74(78)94)69(90)84-52-26-23-49(50(39-52)42-96-37-9-2)41-88(6)35-32-87(33-36-88)34-38-97-60-28-27-54(46(5)64(60)75)62-63-71(81-44-82-72(63)100-66(62)47-21-24-51(76)25-22-47)99-61(73(92)93)40-48-16-10-12-19-58(48)98-43-53-29-31-79-67(83-53)55-17-11-13-20-59(55)95-7/h1-2,10-13,16-17,19-29,31,39,44-45,56-57,61,65H,14-15,18,30,32-38,40-43,77H2,3-7H3,(H6-,78,80,84,85,86,89,90,91,92,93,94)/p+1/t56?,57?,61-,65?/m1/s1. The molecule has 5 amide bonds. The molecule has 26 heteroatoms. The molecule has 0 aliphatic carbocycles. The van der Waals surface area contributed by atoms with Gasteiger partial charge in [-0.1, -0.05) is 86.0 Å². The summed E-state index contributed by atoms with van der Waals surface area (Å²) in [4.78, 5) is 87.2. The number of terminal acetylenes is 2. The maximum Gasteiger partial charge on any atom is 0.345 e. The van der Waals surface area contributed by atoms with Gasteiger partial charge in [0.05, 0.1) is 61.6 Å². The smallest absolute Gasteiger partial charge is 0.345 e. The topological polar surface area (TPSA) is 307 Å². The van der Waals surface area contributed by atoms with E-state index in [1.807, 2.05) is 49.4 Å². The third-order valence-corrected chi connectivity index (χ3v) is 18.7. The summed E-state index contributed by atoms with van der Waals surface area (Å²) in [7, 11) is 3.77. The van der Waals surface area contributed by atoms with Gasteiger partial charge in [-0.05, 0) is 108 Å². The predicted molar refractivity (Wildman–Crippen MR) is 381 cm³/mol. The number of nitrogens with one attached hydrogen (secondary N) is 4. The number of piperazine rings is 1. The molecule has 1 aliphatic rings. The molecule has 8 aromatic rings. The van der Waals surface area contributed by atoms with Gasteiger partial charge in [0, 0.05) is 66.9 Å². The Hall–Kier alpha value is -10.3. The molecule has 522 valence electrons. The molecule has 23 nitrogen and oxygen atoms in total. The Morgan fingerprint density at radius 3 is 2.31 bits per heavy atom. The minimum atomic E-state index is -1.45. The number of amides is 5. The fraction of sp³-hybridized carbons (Fsp3) is 0.338. The zero-order chi connectivity index (χ0) is 71.5. The second kappa shape index (κ2) is 35.0. The Bertz CT molecular complexity index is 4310. The summed E-state index contributed by atoms with van der Waals surface area (Å²) in [5.74, 6) is 3.06. The van der Waals surface area contributed by atoms with Crippen LogP contribution in [-0.2, 0) is 50.1 Å². The zero-order valence-corrected chi connectivity index (χ0v) is 57.8. The van der Waals surface area contributed by atoms with Crippen molar-refractivity contribution in [2.45, 2.75) is 90.4 Å². The number of nitrogens with zero attached hydrogens (tertiary/aromatic N) is 6. The molecule has 3 aromatic heterocycles. The number of carbonyl (C=O) groups excluding carboxylic acids is 4. The van der Waals surface area contributed by atoms with Crippen molar-refractivity contribution in [3.8, 4) is 80.8 Å². The van der Waals surface area contributed by atoms with Crippen LogP contribution in [0.5, 0.6) is 23.1 Å². The maximum absolute atomic E-state index is 14.5. The van der Waals surface area contributed by atoms with Gasteiger partial charge in [0.2, 0.25) is 29.7 Å². The number of nitrogens with two attached hydrogens (primary N) is 2. The number of aliphatic carboxylic acids is 1. The minimum absolute atomic E-state index is 0.0203. The highest BCUT2D eigenvalue weighted by molar-refractivity contribution is 7.22. The van der Waals surface area contributed by atoms with Gasteiger partial charge in [0.25, 0.3) is 0 Å². The SMILES string of the molecule is C#CCOCc1cc(NC(=O)C(CCCNC(N)=O)NC(=O)C(NC(=O)C(N)CC#C)C(C)C)ccc1C[N+]1(C)CCN(CCOc2ccc(-c3c(-c4ccc(F)cc4)sc4ncnc(O[C@H](Cc5ccccc5OCc5ccnc(-c6ccccc6OC)n5)C(=O)O)c34)c(C)c2Cl)CC1. The molecule has 9 rings (SSSR count). The van der Waals surface area contributed by atoms with Crippen LogP contribution in [0.3, 0.4) is 0 Å². The van der Waals surface area contributed by atoms with Crippen LogP contribution in [0.4, 0.5) is 14.9 Å². The largest absolute Gasteiger partial charge is 0.496 e. The van der Waals surface area contributed by atoms with Crippen molar-refractivity contribution in [2.75, 3.05) is 72.0 Å². The summed E-state index contributed by atoms with van der Waals surface area (Å²) >= 11 is 8.59. The van der Waals surface area contributed by atoms with E-state index in [-0.39, 0.29) is 63.8 Å². The molecule has 0 saturated carbocycles. The molecule has 3 unspecified atom stereocenters. The van der Waals surface area contributed by atoms with Crippen LogP contribution in [0.15, 0.2) is 122 Å². The van der Waals surface area contributed by atoms with Gasteiger partial charge in [-0.2, -0.15) is 0 Å². The first-order valence-electron chi connectivity index (χ1n) is 32.5. The molecule has 100 heavy (non-hydrogen) atoms. The van der Waals surface area contributed by atoms with Crippen LogP contribution >= 0.6 is 22.9 Å². The van der Waals surface area contributed by atoms with Crippen LogP contribution in [0.2, 0.25) is 5.02 Å². The number of likely N-dealkylation sites (N-methyl/N-ethyl adjacent to an activating group) is 1. The number of aromatic nitrogens is 4. The average Bonchev–Trinajstić information content (AvgIpc) is 1.59. The highest BCUT2D eigenvalue weighted by Gasteiger charge is 2.34. The summed E-state index contributed by atoms with van der Waals surface area (Å²) in [6.07, 6.45) is 12.7. The Labute approximate surface area is 589 Å². The fourth-order valence-corrected chi connectivity index (χ4v) is 13.0. The van der Waals surface area contributed by atoms with E-state index >= 15 is 0 Å². The number of rotatable bonds is 33. The molecule has 4 heterocycles. The average molecular weight is 1400 g/mol. The molecule has 9 N–H and O–H groups in total. The van der Waals surface area contributed by atoms with Crippen molar-refractivity contribution >= 4 is 68.6 Å². The quantitative estimate of drug-likeness (QED) is 0.0115. The Morgan fingerprint density at radius 1 is 0.840 bits per heavy atom. The monoisotopic (exact) mass is 1400 g/mol. The number of primary amides is 1. The molecule has 0 bridgehead atoms. The van der Waals surface area contributed by atoms with E-state index in [4.69, 9.17) is 64.6 Å². The summed E-state index contributed by atoms with van der Waals surface area (Å²) in [6, 6.07) is 27.7. The van der Waals surface area contributed by atoms with Crippen LogP contribution in [-0.4, -0.2) is 155 Å². The normalized spacial score (nSPS) is 13.9. The number of hydrogen-bond donors (Lipinski definition) is 7. The first-order valence-corrected chi connectivity index (χ1v) is 33.7. The lowest BCUT2D eigenvalue weighted by molar-refractivity contribution is -0.926. The van der Waals surface area contributed by atoms with Crippen molar-refractivity contribution in [1.82, 2.24) is 40.8 Å². The summed E-state index contributed by atoms with van der Waals surface area (Å²) in [5, 5.41) is 22.5. The Kier molecular flexibility index (Phi) is 25.9. The highest BCUT2D eigenvalue weighted by Crippen LogP contribution is 2.50. The lowest BCUT2D eigenvalue weighted by atomic mass is 9.96. The molecule has 1 aliphatic heterocycles. The predicted octanol–water partition coefficient (Wildman–Crippen LogP) is 9.10. The molecule has 1 fully saturated rings. The number of ether oxygens (including phenoxy) is 5. The second-order valence-corrected chi connectivity index (χ2v) is 26.0. The van der Waals surface area contributed by atoms with E-state index < -0.39 is 59.8 Å². The van der Waals surface area contributed by atoms with Crippen LogP contribution in [0, 0.1) is 43.3 Å². The number of anilines is 1. The van der Waals surface area contributed by atoms with Crippen LogP contribution in [0.25, 0.3) is 43.2 Å². The highest BCUT2D eigenvalue weighted by atomic mass is 35.5. The van der Waals surface area contributed by atoms with Crippen LogP contribution in [0.1, 0.15) is 61.1 Å². The molecular weight excluding hydrogens is 1320 g/mol. The van der Waals surface area contributed by atoms with Crippen molar-refractivity contribution in [1.29, 1.82) is 0 Å². The molecule has 4 atom stereocenters. The number of hydrogen-bond acceptors (Lipinski definition) is 17. The molecule has 0 spiro atoms. The Morgan fingerprint density at radius 2 is 1.59 bits per heavy atom. The van der Waals surface area contributed by atoms with Gasteiger partial charge in [0.1, 0.15) is 72.7 Å². The number of benzene rings is 5. The molecular formula is C74H81ClFN12O11S+. The number of urea groups is 1. The van der Waals surface area contributed by atoms with Gasteiger partial charge in [-0.25, -0.2) is 33.9 Å². The van der Waals surface area contributed by atoms with E-state index in [0.29, 0.717) is 112 Å². The third-order valence-electron chi connectivity index (χ3n) is 17.1. The summed E-state index contributed by atoms with van der Waals surface area (Å²) in [5.41, 5.74) is 17.9. The van der Waals surface area contributed by atoms with Crippen LogP contribution < -0.4 is 51.7 Å². The number of halogens is 2. The van der Waals surface area contributed by atoms with Crippen molar-refractivity contribution in [3.05, 3.63) is 161 Å². The molecule has 5 aromatic carbocycles. The third kappa shape index (κ3) is 19.3. The number of quaternary nitrogens is 1. The maximum atomic E-state index is 14.5.